The molecule has 3 aromatic rings. The second kappa shape index (κ2) is 8.66. The van der Waals surface area contributed by atoms with Crippen LogP contribution in [-0.4, -0.2) is 24.9 Å². The summed E-state index contributed by atoms with van der Waals surface area (Å²) in [7, 11) is 0. The second-order valence-corrected chi connectivity index (χ2v) is 7.76. The summed E-state index contributed by atoms with van der Waals surface area (Å²) in [6, 6.07) is 19.6. The van der Waals surface area contributed by atoms with Gasteiger partial charge in [0.15, 0.2) is 0 Å². The van der Waals surface area contributed by atoms with Crippen LogP contribution in [0.4, 0.5) is 5.69 Å². The number of benzene rings is 3. The van der Waals surface area contributed by atoms with E-state index in [0.29, 0.717) is 25.9 Å². The predicted molar refractivity (Wildman–Crippen MR) is 118 cm³/mol. The van der Waals surface area contributed by atoms with Gasteiger partial charge >= 0.3 is 0 Å². The maximum absolute atomic E-state index is 12.7. The van der Waals surface area contributed by atoms with Gasteiger partial charge in [-0.2, -0.15) is 0 Å². The van der Waals surface area contributed by atoms with Crippen LogP contribution in [0.15, 0.2) is 60.7 Å². The number of carbonyl (C=O) groups excluding carboxylic acids is 2. The molecule has 148 valence electrons. The highest BCUT2D eigenvalue weighted by Gasteiger charge is 2.28. The minimum absolute atomic E-state index is 0.0279. The van der Waals surface area contributed by atoms with E-state index in [1.165, 1.54) is 5.56 Å². The summed E-state index contributed by atoms with van der Waals surface area (Å²) in [5.41, 5.74) is 2.92. The van der Waals surface area contributed by atoms with E-state index in [0.717, 1.165) is 39.9 Å². The van der Waals surface area contributed by atoms with Crippen LogP contribution in [0, 0.1) is 0 Å². The maximum Gasteiger partial charge on any atom is 0.258 e. The molecule has 29 heavy (non-hydrogen) atoms. The van der Waals surface area contributed by atoms with Crippen molar-refractivity contribution in [1.82, 2.24) is 5.32 Å². The Morgan fingerprint density at radius 3 is 2.52 bits per heavy atom. The third-order valence-electron chi connectivity index (χ3n) is 5.31. The van der Waals surface area contributed by atoms with Crippen LogP contribution >= 0.6 is 11.6 Å². The van der Waals surface area contributed by atoms with Crippen LogP contribution < -0.4 is 10.2 Å². The van der Waals surface area contributed by atoms with Gasteiger partial charge in [0.05, 0.1) is 5.69 Å². The molecule has 0 fully saturated rings. The Kier molecular flexibility index (Phi) is 5.81. The third-order valence-corrected chi connectivity index (χ3v) is 5.56. The van der Waals surface area contributed by atoms with E-state index in [2.05, 4.69) is 5.32 Å². The lowest BCUT2D eigenvalue weighted by Crippen LogP contribution is -2.30. The summed E-state index contributed by atoms with van der Waals surface area (Å²) in [6.07, 6.45) is 2.84. The molecule has 0 spiro atoms. The van der Waals surface area contributed by atoms with E-state index in [4.69, 9.17) is 11.6 Å². The van der Waals surface area contributed by atoms with Crippen molar-refractivity contribution in [1.29, 1.82) is 0 Å². The van der Waals surface area contributed by atoms with Gasteiger partial charge in [-0.1, -0.05) is 48.0 Å². The van der Waals surface area contributed by atoms with Crippen LogP contribution in [0.1, 0.15) is 35.2 Å². The SMILES string of the molecule is O=C(CCCN1C(=O)c2cccc3cccc1c23)NCCCc1ccc(Cl)cc1. The maximum atomic E-state index is 12.7. The van der Waals surface area contributed by atoms with Crippen molar-refractivity contribution in [3.05, 3.63) is 76.8 Å². The molecule has 0 aromatic heterocycles. The summed E-state index contributed by atoms with van der Waals surface area (Å²) in [5.74, 6) is 0.0589. The number of halogens is 1. The molecule has 2 amide bonds. The Balaban J connectivity index is 1.22. The monoisotopic (exact) mass is 406 g/mol. The molecule has 0 bridgehead atoms. The highest BCUT2D eigenvalue weighted by molar-refractivity contribution is 6.30. The van der Waals surface area contributed by atoms with E-state index in [9.17, 15) is 9.59 Å². The molecule has 0 aliphatic carbocycles. The van der Waals surface area contributed by atoms with Gasteiger partial charge in [0, 0.05) is 35.5 Å². The van der Waals surface area contributed by atoms with E-state index < -0.39 is 0 Å². The van der Waals surface area contributed by atoms with Gasteiger partial charge in [-0.25, -0.2) is 0 Å². The first-order valence-corrected chi connectivity index (χ1v) is 10.4. The third kappa shape index (κ3) is 4.28. The van der Waals surface area contributed by atoms with E-state index in [1.807, 2.05) is 60.7 Å². The lowest BCUT2D eigenvalue weighted by atomic mass is 10.1. The van der Waals surface area contributed by atoms with Crippen molar-refractivity contribution in [2.75, 3.05) is 18.0 Å². The Labute approximate surface area is 175 Å². The van der Waals surface area contributed by atoms with Gasteiger partial charge < -0.3 is 10.2 Å². The van der Waals surface area contributed by atoms with E-state index in [1.54, 1.807) is 4.90 Å². The standard InChI is InChI=1S/C24H23ClN2O2/c25-19-13-11-17(12-14-19)5-3-15-26-22(28)10-4-16-27-21-9-2-7-18-6-1-8-20(23(18)21)24(27)29/h1-2,6-9,11-14H,3-5,10,15-16H2,(H,26,28). The summed E-state index contributed by atoms with van der Waals surface area (Å²) in [6.45, 7) is 1.19. The van der Waals surface area contributed by atoms with Gasteiger partial charge in [-0.05, 0) is 54.5 Å². The normalized spacial score (nSPS) is 12.6. The molecule has 0 atom stereocenters. The average Bonchev–Trinajstić information content (AvgIpc) is 3.01. The van der Waals surface area contributed by atoms with Crippen molar-refractivity contribution < 1.29 is 9.59 Å². The van der Waals surface area contributed by atoms with E-state index in [-0.39, 0.29) is 11.8 Å². The molecule has 0 saturated carbocycles. The second-order valence-electron chi connectivity index (χ2n) is 7.32. The fourth-order valence-corrected chi connectivity index (χ4v) is 3.98. The number of hydrogen-bond acceptors (Lipinski definition) is 2. The zero-order valence-electron chi connectivity index (χ0n) is 16.2. The fraction of sp³-hybridized carbons (Fsp3) is 0.250. The number of nitrogens with one attached hydrogen (secondary N) is 1. The first-order chi connectivity index (χ1) is 14.1. The zero-order valence-corrected chi connectivity index (χ0v) is 16.9. The molecule has 1 heterocycles. The number of anilines is 1. The Morgan fingerprint density at radius 1 is 0.966 bits per heavy atom. The molecule has 4 nitrogen and oxygen atoms in total. The highest BCUT2D eigenvalue weighted by atomic mass is 35.5. The van der Waals surface area contributed by atoms with Gasteiger partial charge in [0.2, 0.25) is 5.91 Å². The zero-order chi connectivity index (χ0) is 20.2. The van der Waals surface area contributed by atoms with Gasteiger partial charge in [0.25, 0.3) is 5.91 Å². The van der Waals surface area contributed by atoms with Crippen molar-refractivity contribution in [2.24, 2.45) is 0 Å². The molecule has 1 aliphatic heterocycles. The molecule has 0 saturated heterocycles. The molecule has 4 rings (SSSR count). The van der Waals surface area contributed by atoms with Crippen LogP contribution in [0.5, 0.6) is 0 Å². The molecule has 5 heteroatoms. The van der Waals surface area contributed by atoms with Crippen molar-refractivity contribution in [3.8, 4) is 0 Å². The number of aryl methyl sites for hydroxylation is 1. The predicted octanol–water partition coefficient (Wildman–Crippen LogP) is 4.98. The first kappa shape index (κ1) is 19.5. The van der Waals surface area contributed by atoms with Crippen molar-refractivity contribution in [2.45, 2.75) is 25.7 Å². The molecule has 1 aliphatic rings. The molecule has 1 N–H and O–H groups in total. The van der Waals surface area contributed by atoms with Gasteiger partial charge in [-0.3, -0.25) is 9.59 Å². The Bertz CT molecular complexity index is 1040. The van der Waals surface area contributed by atoms with Gasteiger partial charge in [0.1, 0.15) is 0 Å². The first-order valence-electron chi connectivity index (χ1n) is 9.98. The quantitative estimate of drug-likeness (QED) is 0.536. The average molecular weight is 407 g/mol. The molecular weight excluding hydrogens is 384 g/mol. The van der Waals surface area contributed by atoms with Crippen LogP contribution in [0.25, 0.3) is 10.8 Å². The highest BCUT2D eigenvalue weighted by Crippen LogP contribution is 2.37. The van der Waals surface area contributed by atoms with Crippen molar-refractivity contribution in [3.63, 3.8) is 0 Å². The smallest absolute Gasteiger partial charge is 0.258 e. The summed E-state index contributed by atoms with van der Waals surface area (Å²) >= 11 is 5.89. The lowest BCUT2D eigenvalue weighted by Gasteiger charge is -2.17. The summed E-state index contributed by atoms with van der Waals surface area (Å²) in [4.78, 5) is 26.7. The number of rotatable bonds is 8. The number of nitrogens with zero attached hydrogens (tertiary/aromatic N) is 1. The molecule has 0 radical (unpaired) electrons. The molecule has 3 aromatic carbocycles. The fourth-order valence-electron chi connectivity index (χ4n) is 3.86. The minimum Gasteiger partial charge on any atom is -0.356 e. The molecular formula is C24H23ClN2O2. The number of amides is 2. The topological polar surface area (TPSA) is 49.4 Å². The van der Waals surface area contributed by atoms with E-state index >= 15 is 0 Å². The summed E-state index contributed by atoms with van der Waals surface area (Å²) in [5, 5.41) is 5.80. The lowest BCUT2D eigenvalue weighted by molar-refractivity contribution is -0.121. The molecule has 0 unspecified atom stereocenters. The minimum atomic E-state index is 0.0279. The Hall–Kier alpha value is -2.85. The van der Waals surface area contributed by atoms with Gasteiger partial charge in [-0.15, -0.1) is 0 Å². The largest absolute Gasteiger partial charge is 0.356 e. The number of hydrogen-bond donors (Lipinski definition) is 1. The van der Waals surface area contributed by atoms with Crippen LogP contribution in [-0.2, 0) is 11.2 Å². The van der Waals surface area contributed by atoms with Crippen LogP contribution in [0.2, 0.25) is 5.02 Å². The van der Waals surface area contributed by atoms with Crippen LogP contribution in [0.3, 0.4) is 0 Å². The Morgan fingerprint density at radius 2 is 1.72 bits per heavy atom. The summed E-state index contributed by atoms with van der Waals surface area (Å²) < 4.78 is 0. The number of carbonyl (C=O) groups is 2. The van der Waals surface area contributed by atoms with Crippen molar-refractivity contribution >= 4 is 39.9 Å².